The Hall–Kier alpha value is 0.0900. The van der Waals surface area contributed by atoms with E-state index in [4.69, 9.17) is 0 Å². The first kappa shape index (κ1) is 11.1. The first-order valence-electron chi connectivity index (χ1n) is 4.33. The highest BCUT2D eigenvalue weighted by atomic mass is 32.1. The molecule has 1 heteroatoms. The topological polar surface area (TPSA) is 0 Å². The highest BCUT2D eigenvalue weighted by molar-refractivity contribution is 7.84. The van der Waals surface area contributed by atoms with Gasteiger partial charge in [0.2, 0.25) is 0 Å². The molecule has 1 atom stereocenters. The molecule has 0 saturated heterocycles. The summed E-state index contributed by atoms with van der Waals surface area (Å²) in [5.74, 6) is 0.552. The quantitative estimate of drug-likeness (QED) is 0.611. The Balaban J connectivity index is 4.36. The SMILES string of the molecule is C=C(S)[C@H](CC)C(C)(C)CC. The van der Waals surface area contributed by atoms with E-state index < -0.39 is 0 Å². The molecule has 66 valence electrons. The highest BCUT2D eigenvalue weighted by Crippen LogP contribution is 2.38. The highest BCUT2D eigenvalue weighted by Gasteiger charge is 2.26. The van der Waals surface area contributed by atoms with Gasteiger partial charge in [0, 0.05) is 0 Å². The fraction of sp³-hybridized carbons (Fsp3) is 0.800. The second kappa shape index (κ2) is 4.20. The summed E-state index contributed by atoms with van der Waals surface area (Å²) in [5.41, 5.74) is 0.355. The van der Waals surface area contributed by atoms with E-state index in [1.807, 2.05) is 0 Å². The molecule has 0 bridgehead atoms. The summed E-state index contributed by atoms with van der Waals surface area (Å²) in [6, 6.07) is 0. The van der Waals surface area contributed by atoms with Crippen LogP contribution in [0.3, 0.4) is 0 Å². The van der Waals surface area contributed by atoms with E-state index in [-0.39, 0.29) is 0 Å². The van der Waals surface area contributed by atoms with Gasteiger partial charge in [-0.15, -0.1) is 12.6 Å². The Kier molecular flexibility index (Phi) is 4.23. The van der Waals surface area contributed by atoms with Gasteiger partial charge in [-0.05, 0) is 22.7 Å². The molecule has 0 rings (SSSR count). The molecule has 0 fully saturated rings. The van der Waals surface area contributed by atoms with E-state index in [2.05, 4.69) is 46.9 Å². The van der Waals surface area contributed by atoms with E-state index >= 15 is 0 Å². The van der Waals surface area contributed by atoms with Gasteiger partial charge in [-0.25, -0.2) is 0 Å². The zero-order chi connectivity index (χ0) is 9.07. The van der Waals surface area contributed by atoms with Gasteiger partial charge in [0.05, 0.1) is 0 Å². The van der Waals surface area contributed by atoms with Crippen molar-refractivity contribution in [1.29, 1.82) is 0 Å². The lowest BCUT2D eigenvalue weighted by Gasteiger charge is -2.32. The van der Waals surface area contributed by atoms with Crippen LogP contribution < -0.4 is 0 Å². The maximum Gasteiger partial charge on any atom is -0.00618 e. The minimum absolute atomic E-state index is 0.355. The molecule has 0 saturated carbocycles. The standard InChI is InChI=1S/C10H20S/c1-6-9(8(3)11)10(4,5)7-2/h9,11H,3,6-7H2,1-2,4-5H3/t9-/m0/s1. The van der Waals surface area contributed by atoms with Crippen LogP contribution in [0.4, 0.5) is 0 Å². The van der Waals surface area contributed by atoms with Crippen molar-refractivity contribution in [3.05, 3.63) is 11.5 Å². The molecule has 11 heavy (non-hydrogen) atoms. The molecule has 0 N–H and O–H groups in total. The van der Waals surface area contributed by atoms with E-state index in [9.17, 15) is 0 Å². The van der Waals surface area contributed by atoms with Crippen molar-refractivity contribution in [1.82, 2.24) is 0 Å². The van der Waals surface area contributed by atoms with Crippen molar-refractivity contribution in [3.63, 3.8) is 0 Å². The molecule has 0 aliphatic carbocycles. The monoisotopic (exact) mass is 172 g/mol. The summed E-state index contributed by atoms with van der Waals surface area (Å²) in [5, 5.41) is 0. The normalized spacial score (nSPS) is 14.6. The Morgan fingerprint density at radius 1 is 1.45 bits per heavy atom. The molecule has 0 spiro atoms. The number of thiol groups is 1. The van der Waals surface area contributed by atoms with Gasteiger partial charge in [0.25, 0.3) is 0 Å². The molecule has 0 aliphatic heterocycles. The van der Waals surface area contributed by atoms with Gasteiger partial charge in [0.15, 0.2) is 0 Å². The van der Waals surface area contributed by atoms with Crippen LogP contribution in [0, 0.1) is 11.3 Å². The zero-order valence-corrected chi connectivity index (χ0v) is 9.04. The van der Waals surface area contributed by atoms with Crippen molar-refractivity contribution in [2.24, 2.45) is 11.3 Å². The number of hydrogen-bond donors (Lipinski definition) is 1. The third-order valence-corrected chi connectivity index (χ3v) is 2.98. The van der Waals surface area contributed by atoms with E-state index in [0.717, 1.165) is 11.3 Å². The van der Waals surface area contributed by atoms with Crippen LogP contribution >= 0.6 is 12.6 Å². The molecule has 0 unspecified atom stereocenters. The Morgan fingerprint density at radius 2 is 1.91 bits per heavy atom. The second-order valence-corrected chi connectivity index (χ2v) is 4.37. The molecule has 0 amide bonds. The lowest BCUT2D eigenvalue weighted by Crippen LogP contribution is -2.22. The van der Waals surface area contributed by atoms with Crippen LogP contribution in [0.1, 0.15) is 40.5 Å². The molecule has 0 aromatic carbocycles. The van der Waals surface area contributed by atoms with Crippen molar-refractivity contribution in [3.8, 4) is 0 Å². The summed E-state index contributed by atoms with van der Waals surface area (Å²) in [4.78, 5) is 1.03. The maximum absolute atomic E-state index is 4.33. The molecule has 0 aliphatic rings. The predicted molar refractivity (Wildman–Crippen MR) is 56.0 cm³/mol. The first-order valence-corrected chi connectivity index (χ1v) is 4.78. The van der Waals surface area contributed by atoms with Crippen molar-refractivity contribution in [2.75, 3.05) is 0 Å². The van der Waals surface area contributed by atoms with E-state index in [1.165, 1.54) is 6.42 Å². The van der Waals surface area contributed by atoms with Gasteiger partial charge in [0.1, 0.15) is 0 Å². The average molecular weight is 172 g/mol. The van der Waals surface area contributed by atoms with Crippen molar-refractivity contribution < 1.29 is 0 Å². The summed E-state index contributed by atoms with van der Waals surface area (Å²) >= 11 is 4.33. The van der Waals surface area contributed by atoms with Crippen molar-refractivity contribution in [2.45, 2.75) is 40.5 Å². The van der Waals surface area contributed by atoms with Crippen LogP contribution in [0.5, 0.6) is 0 Å². The van der Waals surface area contributed by atoms with Crippen LogP contribution in [0.15, 0.2) is 11.5 Å². The lowest BCUT2D eigenvalue weighted by atomic mass is 9.75. The third kappa shape index (κ3) is 2.90. The summed E-state index contributed by atoms with van der Waals surface area (Å²) in [6.45, 7) is 12.9. The summed E-state index contributed by atoms with van der Waals surface area (Å²) in [6.07, 6.45) is 2.33. The lowest BCUT2D eigenvalue weighted by molar-refractivity contribution is 0.240. The summed E-state index contributed by atoms with van der Waals surface area (Å²) in [7, 11) is 0. The van der Waals surface area contributed by atoms with Gasteiger partial charge >= 0.3 is 0 Å². The van der Waals surface area contributed by atoms with E-state index in [1.54, 1.807) is 0 Å². The molecular formula is C10H20S. The fourth-order valence-corrected chi connectivity index (χ4v) is 2.02. The van der Waals surface area contributed by atoms with Gasteiger partial charge < -0.3 is 0 Å². The molecule has 0 nitrogen and oxygen atoms in total. The van der Waals surface area contributed by atoms with E-state index in [0.29, 0.717) is 11.3 Å². The number of allylic oxidation sites excluding steroid dienone is 1. The number of hydrogen-bond acceptors (Lipinski definition) is 1. The van der Waals surface area contributed by atoms with Gasteiger partial charge in [-0.2, -0.15) is 0 Å². The Labute approximate surface area is 76.5 Å². The minimum Gasteiger partial charge on any atom is -0.148 e. The second-order valence-electron chi connectivity index (χ2n) is 3.79. The number of rotatable bonds is 4. The largest absolute Gasteiger partial charge is 0.148 e. The first-order chi connectivity index (χ1) is 4.95. The third-order valence-electron chi connectivity index (χ3n) is 2.67. The van der Waals surface area contributed by atoms with Crippen molar-refractivity contribution >= 4 is 12.6 Å². The molecule has 0 radical (unpaired) electrons. The predicted octanol–water partition coefficient (Wildman–Crippen LogP) is 3.89. The molecular weight excluding hydrogens is 152 g/mol. The smallest absolute Gasteiger partial charge is 0.00618 e. The molecule has 0 aromatic rings. The Bertz CT molecular complexity index is 136. The Morgan fingerprint density at radius 3 is 2.00 bits per heavy atom. The van der Waals surface area contributed by atoms with Crippen LogP contribution in [-0.2, 0) is 0 Å². The van der Waals surface area contributed by atoms with Crippen LogP contribution in [0.2, 0.25) is 0 Å². The summed E-state index contributed by atoms with van der Waals surface area (Å²) < 4.78 is 0. The van der Waals surface area contributed by atoms with Gasteiger partial charge in [-0.1, -0.05) is 40.7 Å². The minimum atomic E-state index is 0.355. The maximum atomic E-state index is 4.33. The van der Waals surface area contributed by atoms with Crippen LogP contribution in [-0.4, -0.2) is 0 Å². The van der Waals surface area contributed by atoms with Crippen LogP contribution in [0.25, 0.3) is 0 Å². The zero-order valence-electron chi connectivity index (χ0n) is 8.15. The molecule has 0 aromatic heterocycles. The average Bonchev–Trinajstić information content (AvgIpc) is 1.88. The molecule has 0 heterocycles. The van der Waals surface area contributed by atoms with Gasteiger partial charge in [-0.3, -0.25) is 0 Å². The fourth-order valence-electron chi connectivity index (χ4n) is 1.49.